The van der Waals surface area contributed by atoms with Gasteiger partial charge in [0.15, 0.2) is 11.2 Å². The van der Waals surface area contributed by atoms with Crippen LogP contribution < -0.4 is 5.55 Å². The third-order valence-electron chi connectivity index (χ3n) is 1.22. The van der Waals surface area contributed by atoms with Crippen molar-refractivity contribution in [3.8, 4) is 0 Å². The van der Waals surface area contributed by atoms with Gasteiger partial charge in [-0.1, -0.05) is 0 Å². The van der Waals surface area contributed by atoms with Gasteiger partial charge in [0.2, 0.25) is 5.55 Å². The number of fused-ring (bicyclic) bond motifs is 1. The molecule has 0 saturated heterocycles. The summed E-state index contributed by atoms with van der Waals surface area (Å²) in [6.45, 7) is 0. The molecule has 10 heavy (non-hydrogen) atoms. The quantitative estimate of drug-likeness (QED) is 0.556. The molecule has 0 radical (unpaired) electrons. The van der Waals surface area contributed by atoms with Gasteiger partial charge in [0.1, 0.15) is 0 Å². The lowest BCUT2D eigenvalue weighted by Crippen LogP contribution is -1.96. The van der Waals surface area contributed by atoms with Crippen LogP contribution in [0.3, 0.4) is 0 Å². The van der Waals surface area contributed by atoms with Crippen molar-refractivity contribution >= 4 is 11.2 Å². The van der Waals surface area contributed by atoms with Crippen LogP contribution in [-0.4, -0.2) is 9.97 Å². The van der Waals surface area contributed by atoms with Crippen LogP contribution in [0.5, 0.6) is 0 Å². The highest BCUT2D eigenvalue weighted by Crippen LogP contribution is 2.03. The smallest absolute Gasteiger partial charge is 0.230 e. The Morgan fingerprint density at radius 2 is 2.50 bits per heavy atom. The van der Waals surface area contributed by atoms with E-state index in [4.69, 9.17) is 9.83 Å². The van der Waals surface area contributed by atoms with Gasteiger partial charge in [-0.25, -0.2) is 4.98 Å². The summed E-state index contributed by atoms with van der Waals surface area (Å²) in [5, 5.41) is 7.07. The zero-order valence-corrected chi connectivity index (χ0v) is 5.09. The summed E-state index contributed by atoms with van der Waals surface area (Å²) in [5.74, 6) is 0. The first kappa shape index (κ1) is 5.22. The Morgan fingerprint density at radius 1 is 1.60 bits per heavy atom. The fraction of sp³-hybridized carbons (Fsp3) is 0. The zero-order chi connectivity index (χ0) is 6.97. The van der Waals surface area contributed by atoms with E-state index in [9.17, 15) is 0 Å². The Bertz CT molecular complexity index is 400. The summed E-state index contributed by atoms with van der Waals surface area (Å²) in [6, 6.07) is 1.74. The predicted octanol–water partition coefficient (Wildman–Crippen LogP) is 0.635. The maximum atomic E-state index is 7.07. The first-order chi connectivity index (χ1) is 4.86. The minimum atomic E-state index is 0.0760. The van der Waals surface area contributed by atoms with Crippen LogP contribution in [0.2, 0.25) is 0 Å². The number of hydrogen-bond acceptors (Lipinski definition) is 3. The summed E-state index contributed by atoms with van der Waals surface area (Å²) in [4.78, 5) is 6.76. The van der Waals surface area contributed by atoms with E-state index < -0.39 is 0 Å². The van der Waals surface area contributed by atoms with Crippen LogP contribution in [0.4, 0.5) is 0 Å². The largest absolute Gasteiger partial charge is 0.434 e. The third-order valence-corrected chi connectivity index (χ3v) is 1.22. The predicted molar refractivity (Wildman–Crippen MR) is 34.2 cm³/mol. The lowest BCUT2D eigenvalue weighted by molar-refractivity contribution is 0.527. The van der Waals surface area contributed by atoms with Crippen LogP contribution in [0.25, 0.3) is 11.2 Å². The number of aromatic nitrogens is 2. The molecule has 50 valence electrons. The van der Waals surface area contributed by atoms with Crippen LogP contribution >= 0.6 is 0 Å². The summed E-state index contributed by atoms with van der Waals surface area (Å²) in [7, 11) is 0. The van der Waals surface area contributed by atoms with Crippen LogP contribution in [0, 0.1) is 5.41 Å². The Kier molecular flexibility index (Phi) is 0.887. The molecule has 0 bridgehead atoms. The van der Waals surface area contributed by atoms with E-state index in [1.54, 1.807) is 12.3 Å². The van der Waals surface area contributed by atoms with E-state index in [1.165, 1.54) is 6.20 Å². The molecule has 0 aliphatic carbocycles. The lowest BCUT2D eigenvalue weighted by atomic mass is 10.6. The van der Waals surface area contributed by atoms with E-state index in [0.29, 0.717) is 11.2 Å². The van der Waals surface area contributed by atoms with Crippen molar-refractivity contribution in [2.24, 2.45) is 0 Å². The molecule has 2 heterocycles. The van der Waals surface area contributed by atoms with E-state index >= 15 is 0 Å². The van der Waals surface area contributed by atoms with Crippen molar-refractivity contribution in [1.82, 2.24) is 9.97 Å². The summed E-state index contributed by atoms with van der Waals surface area (Å²) in [6.07, 6.45) is 3.08. The van der Waals surface area contributed by atoms with Gasteiger partial charge in [-0.05, 0) is 0 Å². The van der Waals surface area contributed by atoms with Crippen molar-refractivity contribution in [3.63, 3.8) is 0 Å². The number of H-pyrrole nitrogens is 1. The molecular weight excluding hydrogens is 130 g/mol. The van der Waals surface area contributed by atoms with Gasteiger partial charge in [0, 0.05) is 12.3 Å². The van der Waals surface area contributed by atoms with Crippen molar-refractivity contribution in [2.45, 2.75) is 0 Å². The normalized spacial score (nSPS) is 10.4. The maximum absolute atomic E-state index is 7.07. The van der Waals surface area contributed by atoms with Crippen LogP contribution in [0.15, 0.2) is 22.9 Å². The van der Waals surface area contributed by atoms with Gasteiger partial charge in [-0.15, -0.1) is 0 Å². The number of nitrogens with zero attached hydrogens (tertiary/aromatic N) is 1. The average Bonchev–Trinajstić information content (AvgIpc) is 2.33. The molecule has 2 rings (SSSR count). The highest BCUT2D eigenvalue weighted by Gasteiger charge is 1.93. The standard InChI is InChI=1S/C6H5N3O/c7-5-3-9-6-4(10-5)1-2-8-6/h1-3,7-8H. The number of rotatable bonds is 0. The maximum Gasteiger partial charge on any atom is 0.230 e. The lowest BCUT2D eigenvalue weighted by Gasteiger charge is -1.84. The molecule has 0 saturated carbocycles. The van der Waals surface area contributed by atoms with Crippen molar-refractivity contribution < 1.29 is 4.42 Å². The zero-order valence-electron chi connectivity index (χ0n) is 5.09. The van der Waals surface area contributed by atoms with Crippen molar-refractivity contribution in [3.05, 3.63) is 24.0 Å². The molecule has 0 unspecified atom stereocenters. The van der Waals surface area contributed by atoms with Gasteiger partial charge in [0.25, 0.3) is 0 Å². The Morgan fingerprint density at radius 3 is 3.40 bits per heavy atom. The first-order valence-electron chi connectivity index (χ1n) is 2.84. The molecule has 2 N–H and O–H groups in total. The van der Waals surface area contributed by atoms with E-state index in [0.717, 1.165) is 0 Å². The van der Waals surface area contributed by atoms with Gasteiger partial charge in [-0.2, -0.15) is 0 Å². The van der Waals surface area contributed by atoms with Gasteiger partial charge < -0.3 is 9.40 Å². The Labute approximate surface area is 56.0 Å². The van der Waals surface area contributed by atoms with Crippen LogP contribution in [0.1, 0.15) is 0 Å². The van der Waals surface area contributed by atoms with Crippen molar-refractivity contribution in [1.29, 1.82) is 5.41 Å². The molecule has 4 nitrogen and oxygen atoms in total. The molecule has 4 heteroatoms. The average molecular weight is 135 g/mol. The summed E-state index contributed by atoms with van der Waals surface area (Å²) in [5.41, 5.74) is 1.37. The molecule has 0 fully saturated rings. The number of aromatic amines is 1. The second kappa shape index (κ2) is 1.70. The highest BCUT2D eigenvalue weighted by atomic mass is 16.3. The summed E-state index contributed by atoms with van der Waals surface area (Å²) < 4.78 is 4.97. The first-order valence-corrected chi connectivity index (χ1v) is 2.84. The number of nitrogens with one attached hydrogen (secondary N) is 2. The molecule has 0 spiro atoms. The monoisotopic (exact) mass is 135 g/mol. The van der Waals surface area contributed by atoms with Crippen LogP contribution in [-0.2, 0) is 0 Å². The SMILES string of the molecule is N=c1cnc2[nH]ccc2o1. The Hall–Kier alpha value is -1.58. The van der Waals surface area contributed by atoms with Gasteiger partial charge in [0.05, 0.1) is 6.20 Å². The minimum Gasteiger partial charge on any atom is -0.434 e. The van der Waals surface area contributed by atoms with Gasteiger partial charge in [-0.3, -0.25) is 5.41 Å². The van der Waals surface area contributed by atoms with Gasteiger partial charge >= 0.3 is 0 Å². The molecule has 0 aliphatic rings. The molecule has 0 atom stereocenters. The molecule has 2 aromatic rings. The van der Waals surface area contributed by atoms with E-state index in [-0.39, 0.29) is 5.55 Å². The summed E-state index contributed by atoms with van der Waals surface area (Å²) >= 11 is 0. The molecule has 0 aromatic carbocycles. The second-order valence-electron chi connectivity index (χ2n) is 1.92. The molecule has 2 aromatic heterocycles. The van der Waals surface area contributed by atoms with E-state index in [2.05, 4.69) is 9.97 Å². The van der Waals surface area contributed by atoms with Crippen molar-refractivity contribution in [2.75, 3.05) is 0 Å². The fourth-order valence-electron chi connectivity index (χ4n) is 0.798. The molecular formula is C6H5N3O. The van der Waals surface area contributed by atoms with E-state index in [1.807, 2.05) is 0 Å². The highest BCUT2D eigenvalue weighted by molar-refractivity contribution is 5.66. The second-order valence-corrected chi connectivity index (χ2v) is 1.92. The topological polar surface area (TPSA) is 65.7 Å². The molecule has 0 amide bonds. The number of hydrogen-bond donors (Lipinski definition) is 2. The Balaban J connectivity index is 2.99. The fourth-order valence-corrected chi connectivity index (χ4v) is 0.798. The minimum absolute atomic E-state index is 0.0760. The molecule has 0 aliphatic heterocycles. The third kappa shape index (κ3) is 0.621.